The zero-order valence-electron chi connectivity index (χ0n) is 20.4. The van der Waals surface area contributed by atoms with Crippen LogP contribution >= 0.6 is 0 Å². The molecule has 2 N–H and O–H groups in total. The van der Waals surface area contributed by atoms with E-state index in [1.807, 2.05) is 73.7 Å². The van der Waals surface area contributed by atoms with Crippen LogP contribution in [0.2, 0.25) is 0 Å². The number of ether oxygens (including phenoxy) is 1. The number of aliphatic carboxylic acids is 1. The summed E-state index contributed by atoms with van der Waals surface area (Å²) in [5, 5.41) is 12.4. The van der Waals surface area contributed by atoms with Crippen LogP contribution in [0.3, 0.4) is 0 Å². The molecule has 1 amide bonds. The van der Waals surface area contributed by atoms with Crippen LogP contribution in [0.25, 0.3) is 0 Å². The summed E-state index contributed by atoms with van der Waals surface area (Å²) in [5.74, 6) is -0.500. The summed E-state index contributed by atoms with van der Waals surface area (Å²) >= 11 is 0. The molecule has 1 atom stereocenters. The van der Waals surface area contributed by atoms with E-state index in [2.05, 4.69) is 15.2 Å². The van der Waals surface area contributed by atoms with Gasteiger partial charge < -0.3 is 14.7 Å². The second-order valence-corrected chi connectivity index (χ2v) is 9.71. The van der Waals surface area contributed by atoms with Gasteiger partial charge in [0.15, 0.2) is 0 Å². The van der Waals surface area contributed by atoms with Crippen LogP contribution in [0.4, 0.5) is 16.2 Å². The lowest BCUT2D eigenvalue weighted by Gasteiger charge is -2.34. The Morgan fingerprint density at radius 1 is 1.03 bits per heavy atom. The molecule has 1 aliphatic heterocycles. The first kappa shape index (κ1) is 23.9. The van der Waals surface area contributed by atoms with Crippen LogP contribution in [0.5, 0.6) is 0 Å². The second-order valence-electron chi connectivity index (χ2n) is 9.71. The summed E-state index contributed by atoms with van der Waals surface area (Å²) in [7, 11) is 0. The molecule has 0 bridgehead atoms. The quantitative estimate of drug-likeness (QED) is 0.433. The predicted octanol–water partition coefficient (Wildman–Crippen LogP) is 5.89. The second kappa shape index (κ2) is 10.0. The lowest BCUT2D eigenvalue weighted by molar-refractivity contribution is -0.140. The van der Waals surface area contributed by atoms with Gasteiger partial charge in [-0.2, -0.15) is 0 Å². The largest absolute Gasteiger partial charge is 0.481 e. The average Bonchev–Trinajstić information content (AvgIpc) is 3.72. The summed E-state index contributed by atoms with van der Waals surface area (Å²) in [5.41, 5.74) is 3.84. The van der Waals surface area contributed by atoms with Gasteiger partial charge >= 0.3 is 12.1 Å². The lowest BCUT2D eigenvalue weighted by Crippen LogP contribution is -2.33. The summed E-state index contributed by atoms with van der Waals surface area (Å²) in [6.45, 7) is 3.58. The van der Waals surface area contributed by atoms with Crippen molar-refractivity contribution >= 4 is 23.4 Å². The van der Waals surface area contributed by atoms with E-state index in [1.165, 1.54) is 0 Å². The van der Waals surface area contributed by atoms with Gasteiger partial charge in [0.2, 0.25) is 0 Å². The molecule has 2 aliphatic rings. The first-order valence-corrected chi connectivity index (χ1v) is 12.5. The van der Waals surface area contributed by atoms with Crippen molar-refractivity contribution in [1.29, 1.82) is 0 Å². The topological polar surface area (TPSA) is 91.8 Å². The van der Waals surface area contributed by atoms with E-state index in [0.29, 0.717) is 18.5 Å². The van der Waals surface area contributed by atoms with Gasteiger partial charge in [0.05, 0.1) is 16.8 Å². The number of benzene rings is 2. The van der Waals surface area contributed by atoms with Crippen LogP contribution in [0, 0.1) is 0 Å². The molecule has 0 radical (unpaired) electrons. The van der Waals surface area contributed by atoms with Gasteiger partial charge in [-0.15, -0.1) is 0 Å². The van der Waals surface area contributed by atoms with Crippen molar-refractivity contribution < 1.29 is 19.4 Å². The molecule has 0 spiro atoms. The van der Waals surface area contributed by atoms with Crippen molar-refractivity contribution in [2.45, 2.75) is 50.0 Å². The summed E-state index contributed by atoms with van der Waals surface area (Å²) < 4.78 is 5.59. The third-order valence-electron chi connectivity index (χ3n) is 7.45. The maximum atomic E-state index is 12.6. The van der Waals surface area contributed by atoms with Crippen molar-refractivity contribution in [3.63, 3.8) is 0 Å². The van der Waals surface area contributed by atoms with Crippen molar-refractivity contribution in [1.82, 2.24) is 4.98 Å². The maximum absolute atomic E-state index is 12.6. The highest BCUT2D eigenvalue weighted by atomic mass is 16.6. The van der Waals surface area contributed by atoms with Crippen LogP contribution in [0.15, 0.2) is 72.9 Å². The van der Waals surface area contributed by atoms with Crippen LogP contribution in [0.1, 0.15) is 61.4 Å². The number of pyridine rings is 1. The van der Waals surface area contributed by atoms with E-state index in [9.17, 15) is 14.7 Å². The maximum Gasteiger partial charge on any atom is 0.412 e. The minimum atomic E-state index is -0.728. The Kier molecular flexibility index (Phi) is 6.63. The standard InChI is InChI=1S/C29H31N3O4/c1-20(21-6-3-2-4-7-21)36-28(35)31-25-8-5-17-30-26(25)22-13-18-32(19-14-22)24-11-9-23(10-12-24)29(15-16-29)27(33)34/h2-12,17,20,22H,13-16,18-19H2,1H3,(H,31,35)(H,33,34)/t20-/m1/s1. The highest BCUT2D eigenvalue weighted by molar-refractivity contribution is 5.86. The zero-order valence-corrected chi connectivity index (χ0v) is 20.4. The number of amides is 1. The molecule has 1 saturated heterocycles. The van der Waals surface area contributed by atoms with Gasteiger partial charge in [0, 0.05) is 30.9 Å². The Morgan fingerprint density at radius 2 is 1.72 bits per heavy atom. The number of piperidine rings is 1. The number of hydrogen-bond acceptors (Lipinski definition) is 5. The van der Waals surface area contributed by atoms with Crippen molar-refractivity contribution in [2.75, 3.05) is 23.3 Å². The third kappa shape index (κ3) is 4.91. The Labute approximate surface area is 211 Å². The van der Waals surface area contributed by atoms with Crippen LogP contribution < -0.4 is 10.2 Å². The molecule has 1 saturated carbocycles. The third-order valence-corrected chi connectivity index (χ3v) is 7.45. The first-order valence-electron chi connectivity index (χ1n) is 12.5. The number of nitrogens with zero attached hydrogens (tertiary/aromatic N) is 2. The van der Waals surface area contributed by atoms with E-state index in [4.69, 9.17) is 4.74 Å². The molecule has 1 aromatic heterocycles. The van der Waals surface area contributed by atoms with Crippen LogP contribution in [-0.4, -0.2) is 35.2 Å². The van der Waals surface area contributed by atoms with E-state index in [1.54, 1.807) is 6.20 Å². The Morgan fingerprint density at radius 3 is 2.36 bits per heavy atom. The highest BCUT2D eigenvalue weighted by Gasteiger charge is 2.51. The number of carbonyl (C=O) groups is 2. The molecule has 2 aromatic carbocycles. The molecule has 5 rings (SSSR count). The highest BCUT2D eigenvalue weighted by Crippen LogP contribution is 2.48. The summed E-state index contributed by atoms with van der Waals surface area (Å²) in [4.78, 5) is 31.1. The first-order chi connectivity index (χ1) is 17.5. The monoisotopic (exact) mass is 485 g/mol. The molecule has 7 heteroatoms. The molecule has 2 fully saturated rings. The number of carboxylic acids is 1. The SMILES string of the molecule is C[C@@H](OC(=O)Nc1cccnc1C1CCN(c2ccc(C3(C(=O)O)CC3)cc2)CC1)c1ccccc1. The fraction of sp³-hybridized carbons (Fsp3) is 0.345. The van der Waals surface area contributed by atoms with E-state index >= 15 is 0 Å². The fourth-order valence-electron chi connectivity index (χ4n) is 5.09. The molecule has 1 aliphatic carbocycles. The van der Waals surface area contributed by atoms with E-state index in [0.717, 1.165) is 48.4 Å². The van der Waals surface area contributed by atoms with Gasteiger partial charge in [-0.05, 0) is 68.0 Å². The number of rotatable bonds is 7. The number of hydrogen-bond donors (Lipinski definition) is 2. The van der Waals surface area contributed by atoms with Gasteiger partial charge in [-0.25, -0.2) is 4.79 Å². The molecular formula is C29H31N3O4. The number of nitrogens with one attached hydrogen (secondary N) is 1. The lowest BCUT2D eigenvalue weighted by atomic mass is 9.91. The molecule has 0 unspecified atom stereocenters. The van der Waals surface area contributed by atoms with Gasteiger partial charge in [0.25, 0.3) is 0 Å². The number of carbonyl (C=O) groups excluding carboxylic acids is 1. The van der Waals surface area contributed by atoms with Gasteiger partial charge in [0.1, 0.15) is 6.10 Å². The summed E-state index contributed by atoms with van der Waals surface area (Å²) in [6, 6.07) is 21.3. The Balaban J connectivity index is 1.20. The number of anilines is 2. The van der Waals surface area contributed by atoms with E-state index in [-0.39, 0.29) is 12.0 Å². The Bertz CT molecular complexity index is 1220. The molecule has 186 valence electrons. The van der Waals surface area contributed by atoms with Crippen molar-refractivity contribution in [3.8, 4) is 0 Å². The summed E-state index contributed by atoms with van der Waals surface area (Å²) in [6.07, 6.45) is 4.15. The van der Waals surface area contributed by atoms with Gasteiger partial charge in [-0.1, -0.05) is 42.5 Å². The molecule has 2 heterocycles. The zero-order chi connectivity index (χ0) is 25.1. The predicted molar refractivity (Wildman–Crippen MR) is 138 cm³/mol. The van der Waals surface area contributed by atoms with Crippen LogP contribution in [-0.2, 0) is 14.9 Å². The minimum Gasteiger partial charge on any atom is -0.481 e. The van der Waals surface area contributed by atoms with E-state index < -0.39 is 17.5 Å². The van der Waals surface area contributed by atoms with Crippen molar-refractivity contribution in [3.05, 3.63) is 89.7 Å². The average molecular weight is 486 g/mol. The van der Waals surface area contributed by atoms with Crippen molar-refractivity contribution in [2.24, 2.45) is 0 Å². The molecule has 7 nitrogen and oxygen atoms in total. The number of carboxylic acid groups (broad SMARTS) is 1. The fourth-order valence-corrected chi connectivity index (χ4v) is 5.09. The minimum absolute atomic E-state index is 0.227. The normalized spacial score (nSPS) is 17.8. The smallest absolute Gasteiger partial charge is 0.412 e. The molecule has 3 aromatic rings. The molecule has 36 heavy (non-hydrogen) atoms. The number of aromatic nitrogens is 1. The molecular weight excluding hydrogens is 454 g/mol. The van der Waals surface area contributed by atoms with Gasteiger partial charge in [-0.3, -0.25) is 15.1 Å². The Hall–Kier alpha value is -3.87.